The molecule has 0 aromatic heterocycles. The number of ketones is 1. The molecule has 0 amide bonds. The zero-order valence-corrected chi connectivity index (χ0v) is 22.1. The van der Waals surface area contributed by atoms with Crippen molar-refractivity contribution in [3.05, 3.63) is 89.6 Å². The molecule has 0 radical (unpaired) electrons. The Morgan fingerprint density at radius 2 is 1.46 bits per heavy atom. The van der Waals surface area contributed by atoms with Crippen molar-refractivity contribution in [2.45, 2.75) is 29.7 Å². The number of Topliss-reactive ketones (excluding diaryl/α,β-unsaturated/α-hetero) is 1. The van der Waals surface area contributed by atoms with Gasteiger partial charge >= 0.3 is 20.0 Å². The first-order valence-corrected chi connectivity index (χ1v) is 14.8. The lowest BCUT2D eigenvalue weighted by Crippen LogP contribution is -2.57. The van der Waals surface area contributed by atoms with Gasteiger partial charge in [-0.3, -0.25) is 9.69 Å². The lowest BCUT2D eigenvalue weighted by molar-refractivity contribution is -0.115. The number of nitrogens with zero attached hydrogens (tertiary/aromatic N) is 2. The van der Waals surface area contributed by atoms with Gasteiger partial charge < -0.3 is 4.74 Å². The number of likely N-dealkylation sites (N-methyl/N-ethyl adjacent to an activating group) is 1. The van der Waals surface area contributed by atoms with Gasteiger partial charge in [0.15, 0.2) is 5.69 Å². The maximum atomic E-state index is 14.6. The van der Waals surface area contributed by atoms with Crippen LogP contribution in [0.4, 0.5) is 5.69 Å². The van der Waals surface area contributed by atoms with E-state index in [1.54, 1.807) is 25.1 Å². The molecular weight excluding hydrogens is 512 g/mol. The second-order valence-corrected chi connectivity index (χ2v) is 13.2. The molecule has 0 saturated carbocycles. The molecule has 0 saturated heterocycles. The number of carbonyl (C=O) groups excluding carboxylic acids is 1. The second-order valence-electron chi connectivity index (χ2n) is 9.00. The zero-order chi connectivity index (χ0) is 26.4. The average molecular weight is 540 g/mol. The molecule has 192 valence electrons. The fourth-order valence-electron chi connectivity index (χ4n) is 4.91. The standard InChI is InChI=1S/C27H27N2O6S2/c1-3-26(30)25-18-22-23-19-28(2)16-17-35-27(23)15-14-24(22)29(25,36(31,32)20-10-6-4-7-11-20)37(33,34)21-12-8-5-9-13-21/h4-15,18H,3,16-17,19H2,1-2H3/q+1. The first-order chi connectivity index (χ1) is 17.7. The van der Waals surface area contributed by atoms with E-state index in [2.05, 4.69) is 0 Å². The maximum Gasteiger partial charge on any atom is 0.351 e. The van der Waals surface area contributed by atoms with Crippen molar-refractivity contribution in [2.75, 3.05) is 20.2 Å². The summed E-state index contributed by atoms with van der Waals surface area (Å²) in [6.07, 6.45) is 1.36. The minimum atomic E-state index is -4.77. The normalized spacial score (nSPS) is 17.2. The summed E-state index contributed by atoms with van der Waals surface area (Å²) in [6.45, 7) is 3.05. The van der Waals surface area contributed by atoms with Gasteiger partial charge in [0, 0.05) is 37.2 Å². The van der Waals surface area contributed by atoms with Crippen LogP contribution in [0.5, 0.6) is 5.75 Å². The number of allylic oxidation sites excluding steroid dienone is 1. The van der Waals surface area contributed by atoms with Gasteiger partial charge in [0.05, 0.1) is 5.56 Å². The number of rotatable bonds is 6. The summed E-state index contributed by atoms with van der Waals surface area (Å²) < 4.78 is 62.8. The van der Waals surface area contributed by atoms with Crippen molar-refractivity contribution in [1.82, 2.24) is 8.19 Å². The monoisotopic (exact) mass is 539 g/mol. The summed E-state index contributed by atoms with van der Waals surface area (Å²) in [5.74, 6) is -0.0382. The zero-order valence-electron chi connectivity index (χ0n) is 20.5. The van der Waals surface area contributed by atoms with E-state index < -0.39 is 29.1 Å². The maximum absolute atomic E-state index is 14.6. The average Bonchev–Trinajstić information content (AvgIpc) is 3.16. The summed E-state index contributed by atoms with van der Waals surface area (Å²) in [4.78, 5) is 15.1. The predicted molar refractivity (Wildman–Crippen MR) is 141 cm³/mol. The van der Waals surface area contributed by atoms with Crippen LogP contribution in [-0.2, 0) is 31.4 Å². The van der Waals surface area contributed by atoms with Gasteiger partial charge in [0.25, 0.3) is 0 Å². The molecule has 3 aromatic carbocycles. The summed E-state index contributed by atoms with van der Waals surface area (Å²) in [7, 11) is -7.63. The fraction of sp³-hybridized carbons (Fsp3) is 0.222. The minimum absolute atomic E-state index is 0.0119. The Hall–Kier alpha value is -3.31. The van der Waals surface area contributed by atoms with E-state index in [-0.39, 0.29) is 27.6 Å². The first-order valence-electron chi connectivity index (χ1n) is 11.9. The van der Waals surface area contributed by atoms with E-state index >= 15 is 0 Å². The topological polar surface area (TPSA) is 97.8 Å². The van der Waals surface area contributed by atoms with Gasteiger partial charge in [-0.1, -0.05) is 43.3 Å². The van der Waals surface area contributed by atoms with E-state index in [0.29, 0.717) is 36.6 Å². The summed E-state index contributed by atoms with van der Waals surface area (Å²) in [6, 6.07) is 17.9. The van der Waals surface area contributed by atoms with Crippen molar-refractivity contribution >= 4 is 37.6 Å². The van der Waals surface area contributed by atoms with Gasteiger partial charge in [-0.25, -0.2) is 0 Å². The van der Waals surface area contributed by atoms with Crippen LogP contribution in [0.25, 0.3) is 6.08 Å². The highest BCUT2D eigenvalue weighted by Crippen LogP contribution is 2.53. The fourth-order valence-corrected chi connectivity index (χ4v) is 9.72. The van der Waals surface area contributed by atoms with Gasteiger partial charge in [0.1, 0.15) is 22.1 Å². The predicted octanol–water partition coefficient (Wildman–Crippen LogP) is 3.93. The van der Waals surface area contributed by atoms with Gasteiger partial charge in [-0.15, -0.1) is 0 Å². The number of hydrogen-bond donors (Lipinski definition) is 0. The van der Waals surface area contributed by atoms with Gasteiger partial charge in [-0.2, -0.15) is 16.8 Å². The van der Waals surface area contributed by atoms with Crippen molar-refractivity contribution in [1.29, 1.82) is 0 Å². The lowest BCUT2D eigenvalue weighted by Gasteiger charge is -2.33. The first kappa shape index (κ1) is 25.3. The third kappa shape index (κ3) is 3.66. The highest BCUT2D eigenvalue weighted by Gasteiger charge is 2.65. The molecule has 5 rings (SSSR count). The molecule has 2 aliphatic rings. The smallest absolute Gasteiger partial charge is 0.351 e. The molecule has 0 fully saturated rings. The van der Waals surface area contributed by atoms with E-state index in [1.165, 1.54) is 60.7 Å². The lowest BCUT2D eigenvalue weighted by atomic mass is 10.0. The largest absolute Gasteiger partial charge is 0.492 e. The molecule has 3 aromatic rings. The molecule has 0 bridgehead atoms. The van der Waals surface area contributed by atoms with Crippen LogP contribution >= 0.6 is 0 Å². The van der Waals surface area contributed by atoms with Crippen molar-refractivity contribution in [3.8, 4) is 5.75 Å². The van der Waals surface area contributed by atoms with Gasteiger partial charge in [0.2, 0.25) is 11.5 Å². The second kappa shape index (κ2) is 9.21. The number of quaternary nitrogens is 1. The van der Waals surface area contributed by atoms with Crippen LogP contribution in [-0.4, -0.2) is 47.7 Å². The number of ether oxygens (including phenoxy) is 1. The van der Waals surface area contributed by atoms with Crippen LogP contribution < -0.4 is 8.03 Å². The van der Waals surface area contributed by atoms with E-state index in [1.807, 2.05) is 11.9 Å². The van der Waals surface area contributed by atoms with Crippen LogP contribution in [0.2, 0.25) is 0 Å². The molecule has 0 aliphatic carbocycles. The van der Waals surface area contributed by atoms with Crippen LogP contribution in [0.1, 0.15) is 24.5 Å². The molecule has 0 atom stereocenters. The summed E-state index contributed by atoms with van der Waals surface area (Å²) in [5, 5.41) is 0. The molecule has 2 aliphatic heterocycles. The molecule has 37 heavy (non-hydrogen) atoms. The Morgan fingerprint density at radius 1 is 0.892 bits per heavy atom. The number of sulfonamides is 2. The molecule has 0 N–H and O–H groups in total. The molecule has 2 heterocycles. The molecule has 0 unspecified atom stereocenters. The van der Waals surface area contributed by atoms with E-state index in [0.717, 1.165) is 0 Å². The Bertz CT molecular complexity index is 1550. The highest BCUT2D eigenvalue weighted by atomic mass is 32.3. The molecule has 10 heteroatoms. The Balaban J connectivity index is 1.96. The van der Waals surface area contributed by atoms with Gasteiger partial charge in [-0.05, 0) is 40.7 Å². The van der Waals surface area contributed by atoms with E-state index in [9.17, 15) is 21.6 Å². The van der Waals surface area contributed by atoms with Crippen molar-refractivity contribution < 1.29 is 26.4 Å². The molecule has 0 spiro atoms. The third-order valence-electron chi connectivity index (χ3n) is 6.73. The highest BCUT2D eigenvalue weighted by molar-refractivity contribution is 8.07. The number of hydrogen-bond acceptors (Lipinski definition) is 7. The molecule has 8 nitrogen and oxygen atoms in total. The van der Waals surface area contributed by atoms with Crippen LogP contribution in [0.3, 0.4) is 0 Å². The summed E-state index contributed by atoms with van der Waals surface area (Å²) in [5.41, 5.74) is 0.681. The van der Waals surface area contributed by atoms with Crippen molar-refractivity contribution in [3.63, 3.8) is 0 Å². The minimum Gasteiger partial charge on any atom is -0.492 e. The SMILES string of the molecule is CCC(=O)C1=Cc2c(ccc3c2CN(C)CCO3)[N+]1(S(=O)(=O)c1ccccc1)S(=O)(=O)c1ccccc1. The summed E-state index contributed by atoms with van der Waals surface area (Å²) >= 11 is 0. The Kier molecular flexibility index (Phi) is 6.31. The van der Waals surface area contributed by atoms with Crippen LogP contribution in [0, 0.1) is 0 Å². The number of benzene rings is 3. The van der Waals surface area contributed by atoms with Crippen molar-refractivity contribution in [2.24, 2.45) is 0 Å². The number of fused-ring (bicyclic) bond motifs is 3. The Morgan fingerprint density at radius 3 is 2.00 bits per heavy atom. The molecular formula is C27H27N2O6S2+. The third-order valence-corrected chi connectivity index (χ3v) is 11.8. The van der Waals surface area contributed by atoms with Crippen LogP contribution in [0.15, 0.2) is 88.3 Å². The quantitative estimate of drug-likeness (QED) is 0.438. The number of carbonyl (C=O) groups is 1. The Labute approximate surface area is 217 Å². The van der Waals surface area contributed by atoms with E-state index in [4.69, 9.17) is 4.74 Å².